The van der Waals surface area contributed by atoms with Gasteiger partial charge < -0.3 is 14.6 Å². The van der Waals surface area contributed by atoms with Crippen molar-refractivity contribution in [1.82, 2.24) is 0 Å². The predicted molar refractivity (Wildman–Crippen MR) is 109 cm³/mol. The maximum absolute atomic E-state index is 11.9. The molecule has 0 aliphatic heterocycles. The summed E-state index contributed by atoms with van der Waals surface area (Å²) in [6.07, 6.45) is 2.50. The molecule has 1 unspecified atom stereocenters. The van der Waals surface area contributed by atoms with E-state index in [1.807, 2.05) is 20.8 Å². The predicted octanol–water partition coefficient (Wildman–Crippen LogP) is 5.21. The standard InChI is InChI=1S/C21H30ClNO5/c1-21(2,3)18(19(24)25)27-12-14-4-6-15(7-5-14)13-28-20(26)23-17-10-8-16(22)9-11-17/h8-11,14-15,18H,4-7,12-13H2,1-3H3,(H,23,26)(H,24,25). The van der Waals surface area contributed by atoms with Crippen LogP contribution in [0.1, 0.15) is 46.5 Å². The van der Waals surface area contributed by atoms with Crippen molar-refractivity contribution in [3.63, 3.8) is 0 Å². The van der Waals surface area contributed by atoms with E-state index in [0.717, 1.165) is 25.7 Å². The lowest BCUT2D eigenvalue weighted by Gasteiger charge is -2.31. The fraction of sp³-hybridized carbons (Fsp3) is 0.619. The third-order valence-corrected chi connectivity index (χ3v) is 5.27. The number of aliphatic carboxylic acids is 1. The molecule has 1 aliphatic rings. The van der Waals surface area contributed by atoms with Gasteiger partial charge in [0.05, 0.1) is 13.2 Å². The first-order chi connectivity index (χ1) is 13.1. The molecule has 0 spiro atoms. The van der Waals surface area contributed by atoms with Crippen LogP contribution in [0, 0.1) is 17.3 Å². The molecule has 0 aromatic heterocycles. The maximum atomic E-state index is 11.9. The monoisotopic (exact) mass is 411 g/mol. The largest absolute Gasteiger partial charge is 0.479 e. The summed E-state index contributed by atoms with van der Waals surface area (Å²) >= 11 is 5.82. The van der Waals surface area contributed by atoms with E-state index in [4.69, 9.17) is 21.1 Å². The summed E-state index contributed by atoms with van der Waals surface area (Å²) in [7, 11) is 0. The highest BCUT2D eigenvalue weighted by Crippen LogP contribution is 2.31. The van der Waals surface area contributed by atoms with Gasteiger partial charge in [-0.1, -0.05) is 32.4 Å². The van der Waals surface area contributed by atoms with Crippen molar-refractivity contribution < 1.29 is 24.2 Å². The zero-order valence-electron chi connectivity index (χ0n) is 16.7. The Morgan fingerprint density at radius 3 is 2.14 bits per heavy atom. The lowest BCUT2D eigenvalue weighted by molar-refractivity contribution is -0.159. The highest BCUT2D eigenvalue weighted by atomic mass is 35.5. The average molecular weight is 412 g/mol. The van der Waals surface area contributed by atoms with E-state index in [2.05, 4.69) is 5.32 Å². The van der Waals surface area contributed by atoms with Gasteiger partial charge in [-0.2, -0.15) is 0 Å². The maximum Gasteiger partial charge on any atom is 0.411 e. The van der Waals surface area contributed by atoms with Crippen LogP contribution in [0.5, 0.6) is 0 Å². The number of ether oxygens (including phenoxy) is 2. The van der Waals surface area contributed by atoms with E-state index in [1.165, 1.54) is 0 Å². The summed E-state index contributed by atoms with van der Waals surface area (Å²) in [4.78, 5) is 23.3. The Labute approximate surface area is 171 Å². The van der Waals surface area contributed by atoms with Crippen LogP contribution in [0.15, 0.2) is 24.3 Å². The average Bonchev–Trinajstić information content (AvgIpc) is 2.62. The molecule has 1 aromatic carbocycles. The number of hydrogen-bond donors (Lipinski definition) is 2. The molecule has 2 N–H and O–H groups in total. The zero-order chi connectivity index (χ0) is 20.7. The molecule has 156 valence electrons. The molecule has 7 heteroatoms. The lowest BCUT2D eigenvalue weighted by atomic mass is 9.82. The minimum atomic E-state index is -0.915. The first-order valence-electron chi connectivity index (χ1n) is 9.69. The highest BCUT2D eigenvalue weighted by molar-refractivity contribution is 6.30. The molecule has 1 aromatic rings. The van der Waals surface area contributed by atoms with Crippen LogP contribution in [0.4, 0.5) is 10.5 Å². The van der Waals surface area contributed by atoms with Crippen LogP contribution in [-0.2, 0) is 14.3 Å². The summed E-state index contributed by atoms with van der Waals surface area (Å²) in [6, 6.07) is 6.84. The van der Waals surface area contributed by atoms with Crippen molar-refractivity contribution in [2.24, 2.45) is 17.3 Å². The van der Waals surface area contributed by atoms with Gasteiger partial charge in [0.1, 0.15) is 0 Å². The molecular formula is C21H30ClNO5. The third-order valence-electron chi connectivity index (χ3n) is 5.02. The molecular weight excluding hydrogens is 382 g/mol. The number of anilines is 1. The third kappa shape index (κ3) is 7.32. The van der Waals surface area contributed by atoms with Crippen LogP contribution in [0.3, 0.4) is 0 Å². The Morgan fingerprint density at radius 2 is 1.64 bits per heavy atom. The van der Waals surface area contributed by atoms with E-state index < -0.39 is 23.6 Å². The van der Waals surface area contributed by atoms with Gasteiger partial charge in [-0.3, -0.25) is 5.32 Å². The second kappa shape index (κ2) is 10.1. The highest BCUT2D eigenvalue weighted by Gasteiger charge is 2.33. The number of carbonyl (C=O) groups is 2. The number of hydrogen-bond acceptors (Lipinski definition) is 4. The van der Waals surface area contributed by atoms with Gasteiger partial charge in [-0.25, -0.2) is 9.59 Å². The Kier molecular flexibility index (Phi) is 8.13. The molecule has 1 amide bonds. The van der Waals surface area contributed by atoms with Crippen molar-refractivity contribution in [2.75, 3.05) is 18.5 Å². The Morgan fingerprint density at radius 1 is 1.11 bits per heavy atom. The minimum Gasteiger partial charge on any atom is -0.479 e. The number of carbonyl (C=O) groups excluding carboxylic acids is 1. The van der Waals surface area contributed by atoms with Crippen molar-refractivity contribution in [3.8, 4) is 0 Å². The molecule has 0 saturated heterocycles. The molecule has 1 saturated carbocycles. The molecule has 0 bridgehead atoms. The molecule has 6 nitrogen and oxygen atoms in total. The number of rotatable bonds is 7. The Bertz CT molecular complexity index is 648. The quantitative estimate of drug-likeness (QED) is 0.643. The van der Waals surface area contributed by atoms with E-state index in [0.29, 0.717) is 35.8 Å². The number of benzene rings is 1. The zero-order valence-corrected chi connectivity index (χ0v) is 17.5. The number of nitrogens with one attached hydrogen (secondary N) is 1. The second-order valence-electron chi connectivity index (χ2n) is 8.53. The number of halogens is 1. The van der Waals surface area contributed by atoms with Gasteiger partial charge in [-0.15, -0.1) is 0 Å². The number of carboxylic acids is 1. The molecule has 28 heavy (non-hydrogen) atoms. The van der Waals surface area contributed by atoms with Crippen molar-refractivity contribution in [2.45, 2.75) is 52.6 Å². The minimum absolute atomic E-state index is 0.324. The summed E-state index contributed by atoms with van der Waals surface area (Å²) < 4.78 is 11.0. The molecule has 2 rings (SSSR count). The van der Waals surface area contributed by atoms with Gasteiger partial charge >= 0.3 is 12.1 Å². The second-order valence-corrected chi connectivity index (χ2v) is 8.97. The summed E-state index contributed by atoms with van der Waals surface area (Å²) in [5.74, 6) is -0.241. The van der Waals surface area contributed by atoms with Crippen LogP contribution in [-0.4, -0.2) is 36.5 Å². The molecule has 0 heterocycles. The topological polar surface area (TPSA) is 84.9 Å². The van der Waals surface area contributed by atoms with Gasteiger partial charge in [-0.05, 0) is 67.2 Å². The smallest absolute Gasteiger partial charge is 0.411 e. The molecule has 1 aliphatic carbocycles. The molecule has 1 fully saturated rings. The van der Waals surface area contributed by atoms with E-state index in [9.17, 15) is 14.7 Å². The Balaban J connectivity index is 1.67. The summed E-state index contributed by atoms with van der Waals surface area (Å²) in [5, 5.41) is 12.6. The van der Waals surface area contributed by atoms with Gasteiger partial charge in [0.15, 0.2) is 6.10 Å². The van der Waals surface area contributed by atoms with Gasteiger partial charge in [0, 0.05) is 10.7 Å². The summed E-state index contributed by atoms with van der Waals surface area (Å²) in [5.41, 5.74) is 0.205. The van der Waals surface area contributed by atoms with Crippen LogP contribution in [0.25, 0.3) is 0 Å². The first-order valence-corrected chi connectivity index (χ1v) is 10.1. The lowest BCUT2D eigenvalue weighted by Crippen LogP contribution is -2.38. The van der Waals surface area contributed by atoms with Gasteiger partial charge in [0.25, 0.3) is 0 Å². The van der Waals surface area contributed by atoms with Crippen LogP contribution in [0.2, 0.25) is 5.02 Å². The van der Waals surface area contributed by atoms with Crippen molar-refractivity contribution >= 4 is 29.4 Å². The first kappa shape index (κ1) is 22.5. The number of carboxylic acid groups (broad SMARTS) is 1. The van der Waals surface area contributed by atoms with E-state index in [-0.39, 0.29) is 0 Å². The van der Waals surface area contributed by atoms with E-state index in [1.54, 1.807) is 24.3 Å². The van der Waals surface area contributed by atoms with Crippen molar-refractivity contribution in [1.29, 1.82) is 0 Å². The van der Waals surface area contributed by atoms with Crippen molar-refractivity contribution in [3.05, 3.63) is 29.3 Å². The Hall–Kier alpha value is -1.79. The molecule has 1 atom stereocenters. The fourth-order valence-electron chi connectivity index (χ4n) is 3.37. The fourth-order valence-corrected chi connectivity index (χ4v) is 3.50. The van der Waals surface area contributed by atoms with Gasteiger partial charge in [0.2, 0.25) is 0 Å². The van der Waals surface area contributed by atoms with E-state index >= 15 is 0 Å². The van der Waals surface area contributed by atoms with Crippen LogP contribution < -0.4 is 5.32 Å². The summed E-state index contributed by atoms with van der Waals surface area (Å²) in [6.45, 7) is 6.45. The van der Waals surface area contributed by atoms with Crippen LogP contribution >= 0.6 is 11.6 Å². The molecule has 0 radical (unpaired) electrons. The number of amides is 1. The normalized spacial score (nSPS) is 21.0. The SMILES string of the molecule is CC(C)(C)C(OCC1CCC(COC(=O)Nc2ccc(Cl)cc2)CC1)C(=O)O.